The molecule has 5 heteroatoms. The largest absolute Gasteiger partial charge is 0.510 e. The van der Waals surface area contributed by atoms with Crippen molar-refractivity contribution in [2.75, 3.05) is 0 Å². The van der Waals surface area contributed by atoms with Gasteiger partial charge in [-0.25, -0.2) is 0 Å². The van der Waals surface area contributed by atoms with Crippen molar-refractivity contribution in [3.8, 4) is 11.1 Å². The van der Waals surface area contributed by atoms with Gasteiger partial charge in [-0.15, -0.1) is 5.46 Å². The highest BCUT2D eigenvalue weighted by atomic mass is 19.4. The lowest BCUT2D eigenvalue weighted by Gasteiger charge is -2.19. The Bertz CT molecular complexity index is 482. The van der Waals surface area contributed by atoms with Crippen molar-refractivity contribution in [3.63, 3.8) is 0 Å². The summed E-state index contributed by atoms with van der Waals surface area (Å²) in [4.78, 5) is 3.79. The molecule has 1 aromatic heterocycles. The fraction of sp³-hybridized carbons (Fsp3) is 0. The van der Waals surface area contributed by atoms with E-state index in [1.54, 1.807) is 18.2 Å². The molecule has 0 radical (unpaired) electrons. The van der Waals surface area contributed by atoms with Crippen molar-refractivity contribution < 1.29 is 12.9 Å². The fourth-order valence-corrected chi connectivity index (χ4v) is 1.58. The van der Waals surface area contributed by atoms with Crippen LogP contribution in [0.3, 0.4) is 0 Å². The Morgan fingerprint density at radius 1 is 0.875 bits per heavy atom. The van der Waals surface area contributed by atoms with Crippen molar-refractivity contribution in [3.05, 3.63) is 48.8 Å². The van der Waals surface area contributed by atoms with E-state index in [0.29, 0.717) is 5.56 Å². The second kappa shape index (κ2) is 4.00. The Hall–Kier alpha value is -1.78. The first-order valence-corrected chi connectivity index (χ1v) is 4.78. The minimum atomic E-state index is -4.98. The summed E-state index contributed by atoms with van der Waals surface area (Å²) in [5, 5.41) is 0. The van der Waals surface area contributed by atoms with E-state index in [1.807, 2.05) is 0 Å². The molecule has 0 spiro atoms. The Kier molecular flexibility index (Phi) is 2.68. The molecule has 1 nitrogen and oxygen atoms in total. The Balaban J connectivity index is 2.58. The molecule has 0 N–H and O–H groups in total. The third-order valence-electron chi connectivity index (χ3n) is 2.30. The van der Waals surface area contributed by atoms with Crippen LogP contribution in [0, 0.1) is 0 Å². The maximum absolute atomic E-state index is 12.8. The van der Waals surface area contributed by atoms with Crippen molar-refractivity contribution in [2.45, 2.75) is 0 Å². The lowest BCUT2D eigenvalue weighted by atomic mass is 9.75. The number of hydrogen-bond acceptors (Lipinski definition) is 1. The average molecular weight is 222 g/mol. The molecule has 2 aromatic rings. The van der Waals surface area contributed by atoms with E-state index < -0.39 is 12.4 Å². The van der Waals surface area contributed by atoms with Crippen LogP contribution in [0.4, 0.5) is 12.9 Å². The molecule has 16 heavy (non-hydrogen) atoms. The van der Waals surface area contributed by atoms with E-state index in [-0.39, 0.29) is 5.56 Å². The van der Waals surface area contributed by atoms with Crippen molar-refractivity contribution >= 4 is 12.4 Å². The topological polar surface area (TPSA) is 12.9 Å². The number of pyridine rings is 1. The number of rotatable bonds is 2. The minimum Gasteiger partial charge on any atom is -0.445 e. The highest BCUT2D eigenvalue weighted by Gasteiger charge is 2.28. The Morgan fingerprint density at radius 3 is 2.12 bits per heavy atom. The van der Waals surface area contributed by atoms with Crippen LogP contribution < -0.4 is 5.46 Å². The Labute approximate surface area is 91.0 Å². The van der Waals surface area contributed by atoms with Crippen LogP contribution in [0.2, 0.25) is 0 Å². The summed E-state index contributed by atoms with van der Waals surface area (Å²) in [6.45, 7) is -4.98. The first kappa shape index (κ1) is 10.7. The molecule has 82 valence electrons. The molecule has 0 saturated carbocycles. The molecule has 0 atom stereocenters. The third kappa shape index (κ3) is 2.08. The van der Waals surface area contributed by atoms with Crippen LogP contribution in [-0.2, 0) is 0 Å². The quantitative estimate of drug-likeness (QED) is 0.712. The number of aromatic nitrogens is 1. The van der Waals surface area contributed by atoms with Gasteiger partial charge in [-0.2, -0.15) is 0 Å². The predicted octanol–water partition coefficient (Wildman–Crippen LogP) is 2.80. The third-order valence-corrected chi connectivity index (χ3v) is 2.30. The fourth-order valence-electron chi connectivity index (χ4n) is 1.58. The van der Waals surface area contributed by atoms with Crippen LogP contribution in [0.25, 0.3) is 11.1 Å². The van der Waals surface area contributed by atoms with Crippen molar-refractivity contribution in [2.24, 2.45) is 0 Å². The predicted molar refractivity (Wildman–Crippen MR) is 58.4 cm³/mol. The SMILES string of the molecule is F[B-](F)(F)c1ccccc1-c1ccncc1. The molecule has 0 aliphatic rings. The molecule has 2 rings (SSSR count). The second-order valence-corrected chi connectivity index (χ2v) is 3.40. The second-order valence-electron chi connectivity index (χ2n) is 3.40. The lowest BCUT2D eigenvalue weighted by molar-refractivity contribution is 0.501. The van der Waals surface area contributed by atoms with E-state index in [4.69, 9.17) is 0 Å². The first-order chi connectivity index (χ1) is 7.59. The first-order valence-electron chi connectivity index (χ1n) is 4.78. The van der Waals surface area contributed by atoms with Crippen LogP contribution in [-0.4, -0.2) is 12.0 Å². The maximum atomic E-state index is 12.8. The van der Waals surface area contributed by atoms with Gasteiger partial charge in [-0.05, 0) is 23.3 Å². The maximum Gasteiger partial charge on any atom is 0.510 e. The van der Waals surface area contributed by atoms with Gasteiger partial charge in [-0.3, -0.25) is 4.98 Å². The van der Waals surface area contributed by atoms with E-state index in [9.17, 15) is 12.9 Å². The molecular formula is C11H8BF3N-. The summed E-state index contributed by atoms with van der Waals surface area (Å²) in [6, 6.07) is 8.72. The standard InChI is InChI=1S/C11H8BF3N/c13-12(14,15)11-4-2-1-3-10(11)9-5-7-16-8-6-9/h1-8H/q-1. The van der Waals surface area contributed by atoms with Crippen molar-refractivity contribution in [1.29, 1.82) is 0 Å². The summed E-state index contributed by atoms with van der Waals surface area (Å²) in [7, 11) is 0. The van der Waals surface area contributed by atoms with Gasteiger partial charge in [0.05, 0.1) is 0 Å². The van der Waals surface area contributed by atoms with Gasteiger partial charge in [-0.1, -0.05) is 24.3 Å². The van der Waals surface area contributed by atoms with Gasteiger partial charge >= 0.3 is 6.98 Å². The summed E-state index contributed by atoms with van der Waals surface area (Å²) < 4.78 is 38.3. The molecular weight excluding hydrogens is 214 g/mol. The number of halogens is 3. The Morgan fingerprint density at radius 2 is 1.50 bits per heavy atom. The molecule has 0 unspecified atom stereocenters. The summed E-state index contributed by atoms with van der Waals surface area (Å²) in [5.74, 6) is 0. The zero-order chi connectivity index (χ0) is 11.6. The lowest BCUT2D eigenvalue weighted by Crippen LogP contribution is -2.35. The molecule has 0 aliphatic heterocycles. The van der Waals surface area contributed by atoms with Crippen molar-refractivity contribution in [1.82, 2.24) is 4.98 Å². The molecule has 0 saturated heterocycles. The smallest absolute Gasteiger partial charge is 0.445 e. The normalized spacial score (nSPS) is 11.4. The van der Waals surface area contributed by atoms with Gasteiger partial charge in [0.1, 0.15) is 0 Å². The molecule has 0 aliphatic carbocycles. The van der Waals surface area contributed by atoms with Crippen LogP contribution in [0.5, 0.6) is 0 Å². The molecule has 0 fully saturated rings. The van der Waals surface area contributed by atoms with Gasteiger partial charge in [0.2, 0.25) is 0 Å². The summed E-state index contributed by atoms with van der Waals surface area (Å²) in [6.07, 6.45) is 2.96. The number of benzene rings is 1. The highest BCUT2D eigenvalue weighted by molar-refractivity contribution is 6.75. The molecule has 1 aromatic carbocycles. The number of nitrogens with zero attached hydrogens (tertiary/aromatic N) is 1. The van der Waals surface area contributed by atoms with E-state index in [0.717, 1.165) is 6.07 Å². The van der Waals surface area contributed by atoms with E-state index in [2.05, 4.69) is 4.98 Å². The monoisotopic (exact) mass is 222 g/mol. The van der Waals surface area contributed by atoms with E-state index >= 15 is 0 Å². The van der Waals surface area contributed by atoms with Gasteiger partial charge in [0, 0.05) is 12.4 Å². The summed E-state index contributed by atoms with van der Waals surface area (Å²) >= 11 is 0. The van der Waals surface area contributed by atoms with Crippen LogP contribution >= 0.6 is 0 Å². The van der Waals surface area contributed by atoms with Gasteiger partial charge < -0.3 is 12.9 Å². The zero-order valence-corrected chi connectivity index (χ0v) is 8.28. The van der Waals surface area contributed by atoms with Gasteiger partial charge in [0.25, 0.3) is 0 Å². The van der Waals surface area contributed by atoms with Crippen LogP contribution in [0.1, 0.15) is 0 Å². The zero-order valence-electron chi connectivity index (χ0n) is 8.28. The summed E-state index contributed by atoms with van der Waals surface area (Å²) in [5.41, 5.74) is 0.177. The molecule has 0 bridgehead atoms. The van der Waals surface area contributed by atoms with Gasteiger partial charge in [0.15, 0.2) is 0 Å². The highest BCUT2D eigenvalue weighted by Crippen LogP contribution is 2.21. The molecule has 1 heterocycles. The minimum absolute atomic E-state index is 0.206. The van der Waals surface area contributed by atoms with Crippen LogP contribution in [0.15, 0.2) is 48.8 Å². The average Bonchev–Trinajstić information content (AvgIpc) is 2.29. The number of hydrogen-bond donors (Lipinski definition) is 0. The molecule has 0 amide bonds. The van der Waals surface area contributed by atoms with E-state index in [1.165, 1.54) is 24.5 Å².